The Morgan fingerprint density at radius 1 is 1.17 bits per heavy atom. The van der Waals surface area contributed by atoms with E-state index in [4.69, 9.17) is 0 Å². The monoisotopic (exact) mass is 519 g/mol. The van der Waals surface area contributed by atoms with Crippen molar-refractivity contribution in [1.29, 1.82) is 0 Å². The molecule has 1 aromatic heterocycles. The highest BCUT2D eigenvalue weighted by Crippen LogP contribution is 2.54. The van der Waals surface area contributed by atoms with Gasteiger partial charge in [-0.15, -0.1) is 0 Å². The van der Waals surface area contributed by atoms with Gasteiger partial charge in [0.2, 0.25) is 10.0 Å². The summed E-state index contributed by atoms with van der Waals surface area (Å²) < 4.78 is 63.7. The number of H-pyrrole nitrogens is 1. The predicted octanol–water partition coefficient (Wildman–Crippen LogP) is 3.53. The van der Waals surface area contributed by atoms with Crippen molar-refractivity contribution in [3.63, 3.8) is 0 Å². The fraction of sp³-hybridized carbons (Fsp3) is 0.440. The molecule has 2 heterocycles. The van der Waals surface area contributed by atoms with Gasteiger partial charge in [-0.25, -0.2) is 22.0 Å². The Labute approximate surface area is 207 Å². The molecule has 2 fully saturated rings. The summed E-state index contributed by atoms with van der Waals surface area (Å²) in [6, 6.07) is 10.5. The number of hydrogen-bond acceptors (Lipinski definition) is 6. The van der Waals surface area contributed by atoms with Gasteiger partial charge in [0.1, 0.15) is 16.9 Å². The lowest BCUT2D eigenvalue weighted by molar-refractivity contribution is -0.0654. The van der Waals surface area contributed by atoms with Crippen LogP contribution in [0.4, 0.5) is 8.78 Å². The molecule has 2 aliphatic rings. The number of aromatic amines is 1. The molecule has 0 radical (unpaired) electrons. The summed E-state index contributed by atoms with van der Waals surface area (Å²) in [6.07, 6.45) is 1.01. The van der Waals surface area contributed by atoms with Crippen LogP contribution in [0, 0.1) is 11.6 Å². The second-order valence-corrected chi connectivity index (χ2v) is 12.3. The molecule has 2 N–H and O–H groups in total. The number of nitrogens with zero attached hydrogens (tertiary/aromatic N) is 2. The Balaban J connectivity index is 1.49. The van der Waals surface area contributed by atoms with Gasteiger partial charge >= 0.3 is 5.76 Å². The van der Waals surface area contributed by atoms with Crippen LogP contribution in [0.1, 0.15) is 67.3 Å². The van der Waals surface area contributed by atoms with E-state index in [9.17, 15) is 18.3 Å². The Kier molecular flexibility index (Phi) is 5.92. The number of aliphatic hydroxyl groups is 1. The number of benzene rings is 2. The van der Waals surface area contributed by atoms with Crippen LogP contribution < -0.4 is 5.76 Å². The second-order valence-electron chi connectivity index (χ2n) is 10.2. The average molecular weight is 520 g/mol. The summed E-state index contributed by atoms with van der Waals surface area (Å²) in [5.41, 5.74) is -1.97. The third-order valence-electron chi connectivity index (χ3n) is 7.43. The zero-order valence-electron chi connectivity index (χ0n) is 19.9. The number of nitrogens with one attached hydrogen (secondary N) is 1. The van der Waals surface area contributed by atoms with Gasteiger partial charge < -0.3 is 5.11 Å². The topological polar surface area (TPSA) is 117 Å². The fourth-order valence-electron chi connectivity index (χ4n) is 5.77. The third-order valence-corrected chi connectivity index (χ3v) is 9.80. The maximum atomic E-state index is 15.5. The SMILES string of the molecule is C[C@H]1CC[C@H](c2ccccc2)S(=O)(=O)N1Cc1cc(F)c([C@]2(c3noc(=O)[nH]3)C[C@@](C)(O)C2)cc1F. The minimum Gasteiger partial charge on any atom is -0.390 e. The second kappa shape index (κ2) is 8.60. The molecule has 2 atom stereocenters. The van der Waals surface area contributed by atoms with Gasteiger partial charge in [-0.3, -0.25) is 9.51 Å². The fourth-order valence-corrected chi connectivity index (χ4v) is 7.95. The van der Waals surface area contributed by atoms with Gasteiger partial charge in [0.05, 0.1) is 11.0 Å². The van der Waals surface area contributed by atoms with Gasteiger partial charge in [0, 0.05) is 23.7 Å². The van der Waals surface area contributed by atoms with Crippen LogP contribution in [0.25, 0.3) is 0 Å². The van der Waals surface area contributed by atoms with Crippen LogP contribution >= 0.6 is 0 Å². The maximum absolute atomic E-state index is 15.5. The molecular weight excluding hydrogens is 492 g/mol. The van der Waals surface area contributed by atoms with Crippen molar-refractivity contribution in [1.82, 2.24) is 14.4 Å². The first kappa shape index (κ1) is 24.8. The number of rotatable bonds is 5. The molecular formula is C25H27F2N3O5S. The highest BCUT2D eigenvalue weighted by molar-refractivity contribution is 7.89. The molecule has 2 aromatic carbocycles. The van der Waals surface area contributed by atoms with Crippen molar-refractivity contribution >= 4 is 10.0 Å². The Bertz CT molecular complexity index is 1440. The summed E-state index contributed by atoms with van der Waals surface area (Å²) in [6.45, 7) is 2.99. The van der Waals surface area contributed by atoms with Crippen LogP contribution in [0.3, 0.4) is 0 Å². The minimum atomic E-state index is -3.83. The van der Waals surface area contributed by atoms with Gasteiger partial charge in [-0.1, -0.05) is 35.5 Å². The molecule has 5 rings (SSSR count). The molecule has 11 heteroatoms. The first-order valence-corrected chi connectivity index (χ1v) is 13.3. The highest BCUT2D eigenvalue weighted by atomic mass is 32.2. The Hall–Kier alpha value is -2.89. The van der Waals surface area contributed by atoms with Crippen molar-refractivity contribution in [2.45, 2.75) is 68.4 Å². The van der Waals surface area contributed by atoms with Gasteiger partial charge in [0.25, 0.3) is 0 Å². The summed E-state index contributed by atoms with van der Waals surface area (Å²) >= 11 is 0. The molecule has 1 saturated heterocycles. The van der Waals surface area contributed by atoms with E-state index in [1.165, 1.54) is 4.31 Å². The molecule has 36 heavy (non-hydrogen) atoms. The van der Waals surface area contributed by atoms with E-state index in [2.05, 4.69) is 14.7 Å². The number of halogens is 2. The molecule has 0 bridgehead atoms. The van der Waals surface area contributed by atoms with Gasteiger partial charge in [-0.2, -0.15) is 4.31 Å². The van der Waals surface area contributed by atoms with Crippen LogP contribution in [0.5, 0.6) is 0 Å². The van der Waals surface area contributed by atoms with Crippen molar-refractivity contribution in [2.24, 2.45) is 0 Å². The largest absolute Gasteiger partial charge is 0.438 e. The molecule has 8 nitrogen and oxygen atoms in total. The Morgan fingerprint density at radius 2 is 1.86 bits per heavy atom. The zero-order valence-corrected chi connectivity index (χ0v) is 20.7. The molecule has 0 unspecified atom stereocenters. The van der Waals surface area contributed by atoms with E-state index in [1.807, 2.05) is 6.07 Å². The van der Waals surface area contributed by atoms with E-state index >= 15 is 8.78 Å². The molecule has 0 amide bonds. The molecule has 1 aliphatic heterocycles. The van der Waals surface area contributed by atoms with Gasteiger partial charge in [0.15, 0.2) is 5.82 Å². The van der Waals surface area contributed by atoms with E-state index < -0.39 is 43.7 Å². The van der Waals surface area contributed by atoms with E-state index in [-0.39, 0.29) is 42.4 Å². The van der Waals surface area contributed by atoms with E-state index in [1.54, 1.807) is 38.1 Å². The van der Waals surface area contributed by atoms with Crippen LogP contribution in [-0.4, -0.2) is 39.6 Å². The van der Waals surface area contributed by atoms with Crippen LogP contribution in [0.15, 0.2) is 51.8 Å². The highest BCUT2D eigenvalue weighted by Gasteiger charge is 2.57. The molecule has 192 valence electrons. The van der Waals surface area contributed by atoms with Crippen LogP contribution in [0.2, 0.25) is 0 Å². The molecule has 3 aromatic rings. The summed E-state index contributed by atoms with van der Waals surface area (Å²) in [4.78, 5) is 13.9. The van der Waals surface area contributed by atoms with E-state index in [0.29, 0.717) is 18.4 Å². The number of sulfonamides is 1. The Morgan fingerprint density at radius 3 is 2.47 bits per heavy atom. The lowest BCUT2D eigenvalue weighted by atomic mass is 9.56. The van der Waals surface area contributed by atoms with Crippen molar-refractivity contribution in [3.8, 4) is 0 Å². The molecule has 1 aliphatic carbocycles. The number of hydrogen-bond donors (Lipinski definition) is 2. The maximum Gasteiger partial charge on any atom is 0.438 e. The summed E-state index contributed by atoms with van der Waals surface area (Å²) in [5.74, 6) is -2.41. The van der Waals surface area contributed by atoms with Crippen LogP contribution in [-0.2, 0) is 22.0 Å². The standard InChI is InChI=1S/C25H27F2N3O5S/c1-15-8-9-21(16-6-4-3-5-7-16)36(33,34)30(15)12-17-10-20(27)18(11-19(17)26)25(13-24(2,32)14-25)22-28-23(31)35-29-22/h3-7,10-11,15,21,32H,8-9,12-14H2,1-2H3,(H,28,29,31)/t15-,21+,24-,25+/m0/s1. The first-order valence-electron chi connectivity index (χ1n) is 11.8. The first-order chi connectivity index (χ1) is 16.9. The minimum absolute atomic E-state index is 0.00279. The van der Waals surface area contributed by atoms with E-state index in [0.717, 1.165) is 12.1 Å². The third kappa shape index (κ3) is 4.08. The van der Waals surface area contributed by atoms with Crippen molar-refractivity contribution in [3.05, 3.63) is 87.2 Å². The normalized spacial score (nSPS) is 30.1. The quantitative estimate of drug-likeness (QED) is 0.533. The average Bonchev–Trinajstić information content (AvgIpc) is 3.23. The lowest BCUT2D eigenvalue weighted by Gasteiger charge is -2.50. The molecule has 0 spiro atoms. The number of aromatic nitrogens is 2. The zero-order chi connectivity index (χ0) is 25.9. The lowest BCUT2D eigenvalue weighted by Crippen LogP contribution is -2.54. The smallest absolute Gasteiger partial charge is 0.390 e. The molecule has 1 saturated carbocycles. The van der Waals surface area contributed by atoms with Crippen molar-refractivity contribution in [2.75, 3.05) is 0 Å². The predicted molar refractivity (Wildman–Crippen MR) is 126 cm³/mol. The summed E-state index contributed by atoms with van der Waals surface area (Å²) in [5, 5.41) is 13.3. The van der Waals surface area contributed by atoms with Gasteiger partial charge in [-0.05, 0) is 57.2 Å². The van der Waals surface area contributed by atoms with Crippen molar-refractivity contribution < 1.29 is 26.8 Å². The summed E-state index contributed by atoms with van der Waals surface area (Å²) in [7, 11) is -3.83.